The average Bonchev–Trinajstić information content (AvgIpc) is 2.90. The summed E-state index contributed by atoms with van der Waals surface area (Å²) in [5.41, 5.74) is 8.23. The fourth-order valence-corrected chi connectivity index (χ4v) is 3.71. The normalized spacial score (nSPS) is 13.2. The Balaban J connectivity index is 2.22. The van der Waals surface area contributed by atoms with E-state index in [9.17, 15) is 0 Å². The summed E-state index contributed by atoms with van der Waals surface area (Å²) in [5, 5.41) is 2.33. The molecular formula is C24H29N3. The molecule has 3 heteroatoms. The lowest BCUT2D eigenvalue weighted by Gasteiger charge is -2.23. The topological polar surface area (TPSA) is 30.2 Å². The molecule has 0 aliphatic heterocycles. The van der Waals surface area contributed by atoms with Crippen molar-refractivity contribution in [1.82, 2.24) is 14.4 Å². The maximum atomic E-state index is 5.03. The van der Waals surface area contributed by atoms with E-state index in [2.05, 4.69) is 84.1 Å². The van der Waals surface area contributed by atoms with Gasteiger partial charge in [0.1, 0.15) is 5.65 Å². The van der Waals surface area contributed by atoms with Crippen LogP contribution in [0.5, 0.6) is 0 Å². The van der Waals surface area contributed by atoms with Gasteiger partial charge >= 0.3 is 0 Å². The van der Waals surface area contributed by atoms with Gasteiger partial charge in [0.05, 0.1) is 11.0 Å². The molecule has 0 radical (unpaired) electrons. The van der Waals surface area contributed by atoms with Gasteiger partial charge in [0, 0.05) is 33.8 Å². The van der Waals surface area contributed by atoms with Crippen LogP contribution in [0.2, 0.25) is 0 Å². The van der Waals surface area contributed by atoms with E-state index in [0.29, 0.717) is 0 Å². The summed E-state index contributed by atoms with van der Waals surface area (Å²) in [6.45, 7) is 17.8. The first-order chi connectivity index (χ1) is 12.5. The summed E-state index contributed by atoms with van der Waals surface area (Å²) in [6, 6.07) is 9.03. The second kappa shape index (κ2) is 5.54. The molecule has 3 heterocycles. The summed E-state index contributed by atoms with van der Waals surface area (Å²) in [7, 11) is 0. The number of hydrogen-bond donors (Lipinski definition) is 0. The fourth-order valence-electron chi connectivity index (χ4n) is 3.71. The highest BCUT2D eigenvalue weighted by atomic mass is 15.0. The van der Waals surface area contributed by atoms with Crippen LogP contribution in [0.1, 0.15) is 64.1 Å². The summed E-state index contributed by atoms with van der Waals surface area (Å²) in [4.78, 5) is 9.81. The molecule has 0 unspecified atom stereocenters. The zero-order chi connectivity index (χ0) is 19.7. The van der Waals surface area contributed by atoms with Crippen molar-refractivity contribution >= 4 is 27.5 Å². The molecule has 0 saturated carbocycles. The van der Waals surface area contributed by atoms with Crippen LogP contribution in [0.4, 0.5) is 0 Å². The maximum absolute atomic E-state index is 5.03. The number of aryl methyl sites for hydroxylation is 2. The van der Waals surface area contributed by atoms with Gasteiger partial charge in [-0.05, 0) is 54.6 Å². The van der Waals surface area contributed by atoms with Crippen LogP contribution in [0.15, 0.2) is 30.5 Å². The Kier molecular flexibility index (Phi) is 3.69. The van der Waals surface area contributed by atoms with Gasteiger partial charge in [-0.25, -0.2) is 4.98 Å². The minimum absolute atomic E-state index is 0.00399. The van der Waals surface area contributed by atoms with Crippen LogP contribution in [-0.2, 0) is 10.8 Å². The second-order valence-electron chi connectivity index (χ2n) is 9.88. The highest BCUT2D eigenvalue weighted by Gasteiger charge is 2.23. The van der Waals surface area contributed by atoms with E-state index in [4.69, 9.17) is 9.97 Å². The van der Waals surface area contributed by atoms with Crippen molar-refractivity contribution in [2.45, 2.75) is 66.2 Å². The van der Waals surface area contributed by atoms with Gasteiger partial charge in [-0.15, -0.1) is 0 Å². The van der Waals surface area contributed by atoms with Crippen LogP contribution in [-0.4, -0.2) is 14.4 Å². The molecule has 0 atom stereocenters. The lowest BCUT2D eigenvalue weighted by Crippen LogP contribution is -2.17. The predicted molar refractivity (Wildman–Crippen MR) is 115 cm³/mol. The number of benzene rings is 1. The van der Waals surface area contributed by atoms with Crippen LogP contribution in [0.25, 0.3) is 27.5 Å². The first kappa shape index (κ1) is 18.0. The van der Waals surface area contributed by atoms with Gasteiger partial charge in [-0.2, -0.15) is 0 Å². The van der Waals surface area contributed by atoms with E-state index in [0.717, 1.165) is 22.2 Å². The molecular weight excluding hydrogens is 330 g/mol. The standard InChI is InChI=1S/C24H29N3/c1-14-9-18-19(10-15(14)2)27-21(24(6,7)8)12-16-11-20(23(3,4)5)25-13-17(16)22(27)26-18/h9-13H,1-8H3. The minimum Gasteiger partial charge on any atom is -0.295 e. The molecule has 27 heavy (non-hydrogen) atoms. The van der Waals surface area contributed by atoms with Crippen molar-refractivity contribution in [3.63, 3.8) is 0 Å². The Morgan fingerprint density at radius 3 is 2.11 bits per heavy atom. The number of pyridine rings is 2. The van der Waals surface area contributed by atoms with Crippen LogP contribution < -0.4 is 0 Å². The van der Waals surface area contributed by atoms with E-state index in [1.165, 1.54) is 27.7 Å². The average molecular weight is 360 g/mol. The van der Waals surface area contributed by atoms with E-state index in [1.54, 1.807) is 0 Å². The van der Waals surface area contributed by atoms with E-state index < -0.39 is 0 Å². The van der Waals surface area contributed by atoms with Crippen molar-refractivity contribution in [3.8, 4) is 0 Å². The van der Waals surface area contributed by atoms with Crippen molar-refractivity contribution in [2.24, 2.45) is 0 Å². The second-order valence-corrected chi connectivity index (χ2v) is 9.88. The highest BCUT2D eigenvalue weighted by molar-refractivity contribution is 5.99. The lowest BCUT2D eigenvalue weighted by atomic mass is 9.88. The summed E-state index contributed by atoms with van der Waals surface area (Å²) in [6.07, 6.45) is 2.00. The molecule has 0 amide bonds. The van der Waals surface area contributed by atoms with Crippen molar-refractivity contribution < 1.29 is 0 Å². The number of imidazole rings is 1. The number of aromatic nitrogens is 3. The number of hydrogen-bond acceptors (Lipinski definition) is 2. The molecule has 0 saturated heterocycles. The molecule has 4 aromatic rings. The molecule has 4 rings (SSSR count). The largest absolute Gasteiger partial charge is 0.295 e. The zero-order valence-corrected chi connectivity index (χ0v) is 17.7. The molecule has 0 aliphatic carbocycles. The van der Waals surface area contributed by atoms with Crippen LogP contribution in [0, 0.1) is 13.8 Å². The van der Waals surface area contributed by atoms with Crippen molar-refractivity contribution in [2.75, 3.05) is 0 Å². The molecule has 0 N–H and O–H groups in total. The molecule has 3 nitrogen and oxygen atoms in total. The molecule has 0 spiro atoms. The Bertz CT molecular complexity index is 1200. The lowest BCUT2D eigenvalue weighted by molar-refractivity contribution is 0.563. The third-order valence-corrected chi connectivity index (χ3v) is 5.52. The highest BCUT2D eigenvalue weighted by Crippen LogP contribution is 2.34. The number of fused-ring (bicyclic) bond motifs is 5. The van der Waals surface area contributed by atoms with Gasteiger partial charge in [0.25, 0.3) is 0 Å². The van der Waals surface area contributed by atoms with E-state index >= 15 is 0 Å². The Hall–Kier alpha value is -2.42. The molecule has 140 valence electrons. The predicted octanol–water partition coefficient (Wildman–Crippen LogP) is 6.25. The maximum Gasteiger partial charge on any atom is 0.147 e. The number of nitrogens with zero attached hydrogens (tertiary/aromatic N) is 3. The minimum atomic E-state index is 0.00399. The van der Waals surface area contributed by atoms with Gasteiger partial charge < -0.3 is 0 Å². The van der Waals surface area contributed by atoms with Crippen molar-refractivity contribution in [1.29, 1.82) is 0 Å². The van der Waals surface area contributed by atoms with E-state index in [-0.39, 0.29) is 10.8 Å². The van der Waals surface area contributed by atoms with Gasteiger partial charge in [-0.3, -0.25) is 9.38 Å². The summed E-state index contributed by atoms with van der Waals surface area (Å²) >= 11 is 0. The smallest absolute Gasteiger partial charge is 0.147 e. The van der Waals surface area contributed by atoms with Crippen LogP contribution in [0.3, 0.4) is 0 Å². The first-order valence-electron chi connectivity index (χ1n) is 9.70. The van der Waals surface area contributed by atoms with Gasteiger partial charge in [0.2, 0.25) is 0 Å². The van der Waals surface area contributed by atoms with Crippen LogP contribution >= 0.6 is 0 Å². The zero-order valence-electron chi connectivity index (χ0n) is 17.7. The Morgan fingerprint density at radius 1 is 0.815 bits per heavy atom. The quantitative estimate of drug-likeness (QED) is 0.371. The van der Waals surface area contributed by atoms with Crippen molar-refractivity contribution in [3.05, 3.63) is 53.0 Å². The Morgan fingerprint density at radius 2 is 1.48 bits per heavy atom. The molecule has 0 bridgehead atoms. The van der Waals surface area contributed by atoms with Gasteiger partial charge in [0.15, 0.2) is 0 Å². The third-order valence-electron chi connectivity index (χ3n) is 5.52. The summed E-state index contributed by atoms with van der Waals surface area (Å²) < 4.78 is 2.34. The third kappa shape index (κ3) is 2.80. The SMILES string of the molecule is Cc1cc2nc3c4cnc(C(C)(C)C)cc4cc(C(C)(C)C)n3c2cc1C. The molecule has 1 aromatic carbocycles. The summed E-state index contributed by atoms with van der Waals surface area (Å²) in [5.74, 6) is 0. The monoisotopic (exact) mass is 359 g/mol. The molecule has 0 fully saturated rings. The van der Waals surface area contributed by atoms with E-state index in [1.807, 2.05) is 6.20 Å². The molecule has 0 aliphatic rings. The molecule has 3 aromatic heterocycles. The fraction of sp³-hybridized carbons (Fsp3) is 0.417. The number of rotatable bonds is 0. The Labute approximate surface area is 161 Å². The van der Waals surface area contributed by atoms with Gasteiger partial charge in [-0.1, -0.05) is 41.5 Å². The first-order valence-corrected chi connectivity index (χ1v) is 9.70.